The van der Waals surface area contributed by atoms with Gasteiger partial charge in [-0.3, -0.25) is 14.6 Å². The number of amides is 1. The standard InChI is InChI=1S/C27H30N4O2/c1-33-26-9-5-8-24(18-26)19-28-29-27(32)25-12-10-23(11-13-25)21-31-16-14-30(15-17-31)20-22-6-3-2-4-7-22/h2-13,18-19H,14-17,20-21H2,1H3,(H,29,32)/b28-19+. The van der Waals surface area contributed by atoms with E-state index in [0.29, 0.717) is 5.56 Å². The number of rotatable bonds is 8. The zero-order chi connectivity index (χ0) is 22.9. The average molecular weight is 443 g/mol. The van der Waals surface area contributed by atoms with Gasteiger partial charge in [0.1, 0.15) is 5.75 Å². The number of carbonyl (C=O) groups excluding carboxylic acids is 1. The number of piperazine rings is 1. The molecule has 1 fully saturated rings. The molecule has 4 rings (SSSR count). The van der Waals surface area contributed by atoms with E-state index in [9.17, 15) is 4.79 Å². The molecule has 6 heteroatoms. The monoisotopic (exact) mass is 442 g/mol. The first kappa shape index (κ1) is 22.7. The summed E-state index contributed by atoms with van der Waals surface area (Å²) in [5.74, 6) is 0.522. The predicted molar refractivity (Wildman–Crippen MR) is 131 cm³/mol. The van der Waals surface area contributed by atoms with Crippen LogP contribution in [0.3, 0.4) is 0 Å². The van der Waals surface area contributed by atoms with Crippen molar-refractivity contribution in [3.05, 3.63) is 101 Å². The minimum Gasteiger partial charge on any atom is -0.497 e. The van der Waals surface area contributed by atoms with Gasteiger partial charge in [0.2, 0.25) is 0 Å². The summed E-state index contributed by atoms with van der Waals surface area (Å²) in [4.78, 5) is 17.4. The molecule has 0 atom stereocenters. The zero-order valence-electron chi connectivity index (χ0n) is 19.0. The lowest BCUT2D eigenvalue weighted by atomic mass is 10.1. The summed E-state index contributed by atoms with van der Waals surface area (Å²) < 4.78 is 5.19. The molecule has 0 radical (unpaired) electrons. The highest BCUT2D eigenvalue weighted by Crippen LogP contribution is 2.13. The molecule has 0 saturated carbocycles. The molecule has 1 N–H and O–H groups in total. The van der Waals surface area contributed by atoms with Crippen LogP contribution in [0.4, 0.5) is 0 Å². The molecule has 170 valence electrons. The summed E-state index contributed by atoms with van der Waals surface area (Å²) in [5.41, 5.74) is 6.61. The smallest absolute Gasteiger partial charge is 0.271 e. The van der Waals surface area contributed by atoms with E-state index >= 15 is 0 Å². The van der Waals surface area contributed by atoms with Crippen molar-refractivity contribution in [2.24, 2.45) is 5.10 Å². The van der Waals surface area contributed by atoms with E-state index < -0.39 is 0 Å². The van der Waals surface area contributed by atoms with Crippen molar-refractivity contribution in [3.63, 3.8) is 0 Å². The molecule has 0 bridgehead atoms. The van der Waals surface area contributed by atoms with Gasteiger partial charge in [0, 0.05) is 44.8 Å². The van der Waals surface area contributed by atoms with Gasteiger partial charge in [0.05, 0.1) is 13.3 Å². The average Bonchev–Trinajstić information content (AvgIpc) is 2.86. The van der Waals surface area contributed by atoms with Crippen LogP contribution in [-0.2, 0) is 13.1 Å². The second kappa shape index (κ2) is 11.4. The molecule has 33 heavy (non-hydrogen) atoms. The molecule has 1 saturated heterocycles. The number of hydrazone groups is 1. The lowest BCUT2D eigenvalue weighted by Crippen LogP contribution is -2.45. The summed E-state index contributed by atoms with van der Waals surface area (Å²) >= 11 is 0. The van der Waals surface area contributed by atoms with Crippen LogP contribution in [-0.4, -0.2) is 55.2 Å². The van der Waals surface area contributed by atoms with Gasteiger partial charge in [-0.05, 0) is 41.0 Å². The lowest BCUT2D eigenvalue weighted by Gasteiger charge is -2.34. The maximum absolute atomic E-state index is 12.4. The van der Waals surface area contributed by atoms with E-state index in [2.05, 4.69) is 50.7 Å². The number of benzene rings is 3. The Bertz CT molecular complexity index is 1060. The second-order valence-electron chi connectivity index (χ2n) is 8.21. The first-order valence-electron chi connectivity index (χ1n) is 11.2. The van der Waals surface area contributed by atoms with Crippen molar-refractivity contribution in [2.45, 2.75) is 13.1 Å². The van der Waals surface area contributed by atoms with Crippen molar-refractivity contribution in [3.8, 4) is 5.75 Å². The Morgan fingerprint density at radius 2 is 1.52 bits per heavy atom. The number of carbonyl (C=O) groups is 1. The maximum Gasteiger partial charge on any atom is 0.271 e. The van der Waals surface area contributed by atoms with Crippen molar-refractivity contribution in [2.75, 3.05) is 33.3 Å². The summed E-state index contributed by atoms with van der Waals surface area (Å²) in [5, 5.41) is 4.05. The van der Waals surface area contributed by atoms with Gasteiger partial charge in [-0.1, -0.05) is 54.6 Å². The van der Waals surface area contributed by atoms with E-state index in [0.717, 1.165) is 50.6 Å². The Balaban J connectivity index is 1.23. The third-order valence-corrected chi connectivity index (χ3v) is 5.81. The van der Waals surface area contributed by atoms with E-state index in [-0.39, 0.29) is 5.91 Å². The third-order valence-electron chi connectivity index (χ3n) is 5.81. The molecule has 1 amide bonds. The first-order chi connectivity index (χ1) is 16.2. The van der Waals surface area contributed by atoms with Crippen LogP contribution in [0.2, 0.25) is 0 Å². The highest BCUT2D eigenvalue weighted by molar-refractivity contribution is 5.94. The van der Waals surface area contributed by atoms with Gasteiger partial charge in [-0.15, -0.1) is 0 Å². The van der Waals surface area contributed by atoms with Crippen molar-refractivity contribution >= 4 is 12.1 Å². The lowest BCUT2D eigenvalue weighted by molar-refractivity contribution is 0.0955. The summed E-state index contributed by atoms with van der Waals surface area (Å²) in [7, 11) is 1.62. The van der Waals surface area contributed by atoms with Crippen LogP contribution in [0.5, 0.6) is 5.75 Å². The largest absolute Gasteiger partial charge is 0.497 e. The van der Waals surface area contributed by atoms with Gasteiger partial charge in [0.15, 0.2) is 0 Å². The van der Waals surface area contributed by atoms with E-state index in [1.165, 1.54) is 11.1 Å². The number of nitrogens with zero attached hydrogens (tertiary/aromatic N) is 3. The Morgan fingerprint density at radius 1 is 0.879 bits per heavy atom. The molecule has 3 aromatic rings. The Kier molecular flexibility index (Phi) is 7.85. The van der Waals surface area contributed by atoms with E-state index in [4.69, 9.17) is 4.74 Å². The molecule has 6 nitrogen and oxygen atoms in total. The topological polar surface area (TPSA) is 57.2 Å². The summed E-state index contributed by atoms with van der Waals surface area (Å²) in [6, 6.07) is 25.9. The Morgan fingerprint density at radius 3 is 2.15 bits per heavy atom. The summed E-state index contributed by atoms with van der Waals surface area (Å²) in [6.07, 6.45) is 1.60. The number of nitrogens with one attached hydrogen (secondary N) is 1. The van der Waals surface area contributed by atoms with Gasteiger partial charge >= 0.3 is 0 Å². The van der Waals surface area contributed by atoms with Crippen LogP contribution in [0.1, 0.15) is 27.0 Å². The van der Waals surface area contributed by atoms with Crippen molar-refractivity contribution < 1.29 is 9.53 Å². The molecule has 1 aliphatic rings. The van der Waals surface area contributed by atoms with E-state index in [1.807, 2.05) is 48.5 Å². The summed E-state index contributed by atoms with van der Waals surface area (Å²) in [6.45, 7) is 6.15. The van der Waals surface area contributed by atoms with Gasteiger partial charge < -0.3 is 4.74 Å². The maximum atomic E-state index is 12.4. The van der Waals surface area contributed by atoms with Crippen LogP contribution in [0.15, 0.2) is 84.0 Å². The van der Waals surface area contributed by atoms with Gasteiger partial charge in [-0.25, -0.2) is 5.43 Å². The SMILES string of the molecule is COc1cccc(/C=N/NC(=O)c2ccc(CN3CCN(Cc4ccccc4)CC3)cc2)c1. The molecule has 1 aliphatic heterocycles. The molecule has 0 aliphatic carbocycles. The fraction of sp³-hybridized carbons (Fsp3) is 0.259. The number of methoxy groups -OCH3 is 1. The minimum atomic E-state index is -0.227. The highest BCUT2D eigenvalue weighted by atomic mass is 16.5. The van der Waals surface area contributed by atoms with Crippen LogP contribution >= 0.6 is 0 Å². The van der Waals surface area contributed by atoms with Crippen LogP contribution < -0.4 is 10.2 Å². The molecule has 1 heterocycles. The van der Waals surface area contributed by atoms with Crippen molar-refractivity contribution in [1.82, 2.24) is 15.2 Å². The highest BCUT2D eigenvalue weighted by Gasteiger charge is 2.17. The normalized spacial score (nSPS) is 14.9. The number of hydrogen-bond acceptors (Lipinski definition) is 5. The van der Waals surface area contributed by atoms with Gasteiger partial charge in [0.25, 0.3) is 5.91 Å². The first-order valence-corrected chi connectivity index (χ1v) is 11.2. The van der Waals surface area contributed by atoms with Gasteiger partial charge in [-0.2, -0.15) is 5.10 Å². The Labute approximate surface area is 195 Å². The Hall–Kier alpha value is -3.48. The molecule has 0 aromatic heterocycles. The van der Waals surface area contributed by atoms with E-state index in [1.54, 1.807) is 13.3 Å². The predicted octanol–water partition coefficient (Wildman–Crippen LogP) is 3.78. The third kappa shape index (κ3) is 6.75. The van der Waals surface area contributed by atoms with Crippen molar-refractivity contribution in [1.29, 1.82) is 0 Å². The zero-order valence-corrected chi connectivity index (χ0v) is 19.0. The minimum absolute atomic E-state index is 0.227. The van der Waals surface area contributed by atoms with Crippen LogP contribution in [0.25, 0.3) is 0 Å². The molecular weight excluding hydrogens is 412 g/mol. The fourth-order valence-corrected chi connectivity index (χ4v) is 3.92. The molecule has 3 aromatic carbocycles. The number of ether oxygens (including phenoxy) is 1. The molecule has 0 unspecified atom stereocenters. The second-order valence-corrected chi connectivity index (χ2v) is 8.21. The molecule has 0 spiro atoms. The molecular formula is C27H30N4O2. The fourth-order valence-electron chi connectivity index (χ4n) is 3.92. The number of hydrogen-bond donors (Lipinski definition) is 1. The quantitative estimate of drug-likeness (QED) is 0.426. The van der Waals surface area contributed by atoms with Crippen LogP contribution in [0, 0.1) is 0 Å².